The average Bonchev–Trinajstić information content (AvgIpc) is 2.46. The van der Waals surface area contributed by atoms with Crippen molar-refractivity contribution in [3.05, 3.63) is 6.07 Å². The lowest BCUT2D eigenvalue weighted by Crippen LogP contribution is -2.36. The highest BCUT2D eigenvalue weighted by atomic mass is 32.2. The van der Waals surface area contributed by atoms with Crippen molar-refractivity contribution < 1.29 is 4.74 Å². The van der Waals surface area contributed by atoms with Gasteiger partial charge in [-0.05, 0) is 36.9 Å². The molecule has 1 aromatic rings. The number of nitrogens with zero attached hydrogens (tertiary/aromatic N) is 2. The van der Waals surface area contributed by atoms with Crippen molar-refractivity contribution in [2.24, 2.45) is 23.6 Å². The van der Waals surface area contributed by atoms with E-state index in [4.69, 9.17) is 10.6 Å². The summed E-state index contributed by atoms with van der Waals surface area (Å²) in [4.78, 5) is 8.72. The van der Waals surface area contributed by atoms with E-state index in [1.54, 1.807) is 6.07 Å². The zero-order valence-electron chi connectivity index (χ0n) is 13.3. The summed E-state index contributed by atoms with van der Waals surface area (Å²) < 4.78 is 6.22. The van der Waals surface area contributed by atoms with E-state index >= 15 is 0 Å². The first kappa shape index (κ1) is 16.4. The maximum absolute atomic E-state index is 6.22. The molecule has 3 N–H and O–H groups in total. The molecule has 3 unspecified atom stereocenters. The summed E-state index contributed by atoms with van der Waals surface area (Å²) in [6.45, 7) is 6.85. The second-order valence-electron chi connectivity index (χ2n) is 6.20. The number of ether oxygens (including phenoxy) is 1. The van der Waals surface area contributed by atoms with Crippen LogP contribution in [0.25, 0.3) is 0 Å². The molecule has 0 aliphatic heterocycles. The van der Waals surface area contributed by atoms with Crippen molar-refractivity contribution >= 4 is 17.6 Å². The summed E-state index contributed by atoms with van der Waals surface area (Å²) in [5.74, 6) is 8.59. The molecule has 0 bridgehead atoms. The Morgan fingerprint density at radius 2 is 2.14 bits per heavy atom. The van der Waals surface area contributed by atoms with E-state index in [1.165, 1.54) is 24.6 Å². The van der Waals surface area contributed by atoms with Gasteiger partial charge in [0.2, 0.25) is 5.88 Å². The van der Waals surface area contributed by atoms with Gasteiger partial charge in [0, 0.05) is 6.07 Å². The van der Waals surface area contributed by atoms with Crippen LogP contribution >= 0.6 is 11.8 Å². The molecule has 1 aromatic heterocycles. The van der Waals surface area contributed by atoms with Crippen LogP contribution < -0.4 is 16.0 Å². The molecule has 1 heterocycles. The largest absolute Gasteiger partial charge is 0.474 e. The van der Waals surface area contributed by atoms with Gasteiger partial charge in [0.1, 0.15) is 11.9 Å². The van der Waals surface area contributed by atoms with Crippen LogP contribution in [-0.2, 0) is 0 Å². The van der Waals surface area contributed by atoms with Gasteiger partial charge in [-0.1, -0.05) is 39.0 Å². The van der Waals surface area contributed by atoms with Crippen LogP contribution in [0.15, 0.2) is 11.2 Å². The smallest absolute Gasteiger partial charge is 0.219 e. The van der Waals surface area contributed by atoms with E-state index in [-0.39, 0.29) is 6.10 Å². The summed E-state index contributed by atoms with van der Waals surface area (Å²) in [6.07, 6.45) is 5.78. The van der Waals surface area contributed by atoms with Crippen LogP contribution in [0, 0.1) is 17.8 Å². The van der Waals surface area contributed by atoms with Gasteiger partial charge in [-0.25, -0.2) is 10.8 Å². The molecule has 1 fully saturated rings. The first-order valence-electron chi connectivity index (χ1n) is 7.59. The van der Waals surface area contributed by atoms with Crippen molar-refractivity contribution in [3.8, 4) is 5.88 Å². The fourth-order valence-corrected chi connectivity index (χ4v) is 3.41. The second-order valence-corrected chi connectivity index (χ2v) is 6.98. The van der Waals surface area contributed by atoms with E-state index in [0.29, 0.717) is 34.6 Å². The molecule has 1 aliphatic rings. The zero-order valence-corrected chi connectivity index (χ0v) is 14.1. The van der Waals surface area contributed by atoms with E-state index in [9.17, 15) is 0 Å². The number of hydrogen-bond acceptors (Lipinski definition) is 6. The van der Waals surface area contributed by atoms with Crippen molar-refractivity contribution in [1.29, 1.82) is 0 Å². The number of aromatic nitrogens is 2. The first-order chi connectivity index (χ1) is 10.0. The van der Waals surface area contributed by atoms with Crippen LogP contribution in [0.4, 0.5) is 5.82 Å². The number of anilines is 1. The van der Waals surface area contributed by atoms with E-state index in [1.807, 2.05) is 6.26 Å². The molecule has 0 amide bonds. The molecule has 1 saturated carbocycles. The third-order valence-corrected chi connectivity index (χ3v) is 4.79. The molecule has 3 atom stereocenters. The van der Waals surface area contributed by atoms with Crippen molar-refractivity contribution in [3.63, 3.8) is 0 Å². The molecular weight excluding hydrogens is 284 g/mol. The summed E-state index contributed by atoms with van der Waals surface area (Å²) in [5, 5.41) is 0.672. The molecule has 6 heteroatoms. The lowest BCUT2D eigenvalue weighted by molar-refractivity contribution is 0.0421. The molecule has 0 radical (unpaired) electrons. The summed E-state index contributed by atoms with van der Waals surface area (Å²) in [6, 6.07) is 1.77. The minimum Gasteiger partial charge on any atom is -0.474 e. The minimum absolute atomic E-state index is 0.226. The highest BCUT2D eigenvalue weighted by Crippen LogP contribution is 2.36. The molecule has 0 spiro atoms. The third-order valence-electron chi connectivity index (χ3n) is 4.25. The Hall–Kier alpha value is -1.01. The molecule has 2 rings (SSSR count). The number of nitrogens with one attached hydrogen (secondary N) is 1. The van der Waals surface area contributed by atoms with Crippen LogP contribution in [0.1, 0.15) is 40.0 Å². The topological polar surface area (TPSA) is 73.1 Å². The van der Waals surface area contributed by atoms with Crippen LogP contribution in [0.2, 0.25) is 0 Å². The maximum atomic E-state index is 6.22. The number of hydrogen-bond donors (Lipinski definition) is 2. The van der Waals surface area contributed by atoms with Crippen molar-refractivity contribution in [2.45, 2.75) is 51.3 Å². The van der Waals surface area contributed by atoms with Gasteiger partial charge in [0.15, 0.2) is 5.16 Å². The first-order valence-corrected chi connectivity index (χ1v) is 8.82. The Bertz CT molecular complexity index is 447. The molecule has 5 nitrogen and oxygen atoms in total. The summed E-state index contributed by atoms with van der Waals surface area (Å²) >= 11 is 1.48. The predicted octanol–water partition coefficient (Wildman–Crippen LogP) is 3.32. The van der Waals surface area contributed by atoms with E-state index in [2.05, 4.69) is 36.2 Å². The van der Waals surface area contributed by atoms with Gasteiger partial charge in [0.25, 0.3) is 0 Å². The predicted molar refractivity (Wildman–Crippen MR) is 87.4 cm³/mol. The van der Waals surface area contributed by atoms with Gasteiger partial charge in [-0.2, -0.15) is 4.98 Å². The third kappa shape index (κ3) is 4.23. The van der Waals surface area contributed by atoms with Gasteiger partial charge in [0.05, 0.1) is 0 Å². The monoisotopic (exact) mass is 310 g/mol. The highest BCUT2D eigenvalue weighted by molar-refractivity contribution is 7.98. The number of nitrogen functional groups attached to an aromatic ring is 1. The Balaban J connectivity index is 2.17. The van der Waals surface area contributed by atoms with Gasteiger partial charge in [-0.3, -0.25) is 0 Å². The molecule has 1 aliphatic carbocycles. The molecular formula is C15H26N4OS. The van der Waals surface area contributed by atoms with Crippen LogP contribution in [0.5, 0.6) is 5.88 Å². The quantitative estimate of drug-likeness (QED) is 0.376. The molecule has 0 aromatic carbocycles. The van der Waals surface area contributed by atoms with E-state index in [0.717, 1.165) is 6.42 Å². The van der Waals surface area contributed by atoms with Gasteiger partial charge >= 0.3 is 0 Å². The SMILES string of the molecule is CSc1nc(NN)cc(OC2CC(C)CCC2C(C)C)n1. The van der Waals surface area contributed by atoms with Crippen molar-refractivity contribution in [2.75, 3.05) is 11.7 Å². The second kappa shape index (κ2) is 7.31. The number of rotatable bonds is 5. The lowest BCUT2D eigenvalue weighted by Gasteiger charge is -2.37. The van der Waals surface area contributed by atoms with E-state index < -0.39 is 0 Å². The Morgan fingerprint density at radius 3 is 2.76 bits per heavy atom. The van der Waals surface area contributed by atoms with Gasteiger partial charge in [-0.15, -0.1) is 0 Å². The minimum atomic E-state index is 0.226. The summed E-state index contributed by atoms with van der Waals surface area (Å²) in [5.41, 5.74) is 2.58. The molecule has 118 valence electrons. The Kier molecular flexibility index (Phi) is 5.70. The fraction of sp³-hybridized carbons (Fsp3) is 0.733. The maximum Gasteiger partial charge on any atom is 0.219 e. The zero-order chi connectivity index (χ0) is 15.4. The average molecular weight is 310 g/mol. The Labute approximate surface area is 131 Å². The van der Waals surface area contributed by atoms with Crippen molar-refractivity contribution in [1.82, 2.24) is 9.97 Å². The molecule has 21 heavy (non-hydrogen) atoms. The Morgan fingerprint density at radius 1 is 1.38 bits per heavy atom. The number of nitrogens with two attached hydrogens (primary N) is 1. The summed E-state index contributed by atoms with van der Waals surface area (Å²) in [7, 11) is 0. The number of hydrazine groups is 1. The van der Waals surface area contributed by atoms with Crippen LogP contribution in [0.3, 0.4) is 0 Å². The molecule has 0 saturated heterocycles. The van der Waals surface area contributed by atoms with Crippen LogP contribution in [-0.4, -0.2) is 22.3 Å². The van der Waals surface area contributed by atoms with Gasteiger partial charge < -0.3 is 10.2 Å². The standard InChI is InChI=1S/C15H26N4OS/c1-9(2)11-6-5-10(3)7-12(11)20-14-8-13(19-16)17-15(18-14)21-4/h8-12H,5-7,16H2,1-4H3,(H,17,18,19). The lowest BCUT2D eigenvalue weighted by atomic mass is 9.75. The number of thioether (sulfide) groups is 1. The highest BCUT2D eigenvalue weighted by Gasteiger charge is 2.32. The normalized spacial score (nSPS) is 25.9. The fourth-order valence-electron chi connectivity index (χ4n) is 3.03.